The van der Waals surface area contributed by atoms with Gasteiger partial charge < -0.3 is 14.6 Å². The first kappa shape index (κ1) is 19.5. The zero-order valence-corrected chi connectivity index (χ0v) is 17.2. The number of hydrogen-bond donors (Lipinski definition) is 1. The molecule has 1 aliphatic heterocycles. The van der Waals surface area contributed by atoms with Crippen molar-refractivity contribution in [3.63, 3.8) is 0 Å². The average Bonchev–Trinajstić information content (AvgIpc) is 3.12. The molecule has 5 nitrogen and oxygen atoms in total. The summed E-state index contributed by atoms with van der Waals surface area (Å²) in [6.45, 7) is 11.3. The third kappa shape index (κ3) is 4.71. The third-order valence-electron chi connectivity index (χ3n) is 5.33. The van der Waals surface area contributed by atoms with Gasteiger partial charge in [-0.25, -0.2) is 4.98 Å². The van der Waals surface area contributed by atoms with Gasteiger partial charge in [0.15, 0.2) is 5.96 Å². The summed E-state index contributed by atoms with van der Waals surface area (Å²) in [4.78, 5) is 11.2. The van der Waals surface area contributed by atoms with Crippen molar-refractivity contribution in [3.05, 3.63) is 53.7 Å². The molecule has 0 radical (unpaired) electrons. The van der Waals surface area contributed by atoms with E-state index in [1.807, 2.05) is 13.2 Å². The van der Waals surface area contributed by atoms with E-state index in [2.05, 4.69) is 78.2 Å². The normalized spacial score (nSPS) is 21.4. The Kier molecular flexibility index (Phi) is 5.88. The summed E-state index contributed by atoms with van der Waals surface area (Å²) in [7, 11) is 1.84. The zero-order chi connectivity index (χ0) is 19.4. The van der Waals surface area contributed by atoms with E-state index in [1.54, 1.807) is 0 Å². The van der Waals surface area contributed by atoms with Crippen molar-refractivity contribution in [3.8, 4) is 0 Å². The maximum absolute atomic E-state index is 5.88. The van der Waals surface area contributed by atoms with Gasteiger partial charge in [-0.1, -0.05) is 58.0 Å². The monoisotopic (exact) mass is 368 g/mol. The number of aliphatic imine (C=N–C) groups is 1. The van der Waals surface area contributed by atoms with Crippen LogP contribution in [0.5, 0.6) is 0 Å². The summed E-state index contributed by atoms with van der Waals surface area (Å²) < 4.78 is 5.88. The number of aromatic nitrogens is 1. The number of hydrogen-bond acceptors (Lipinski definition) is 3. The van der Waals surface area contributed by atoms with Crippen LogP contribution < -0.4 is 5.32 Å². The number of rotatable bonds is 3. The minimum absolute atomic E-state index is 0.0261. The number of piperidine rings is 1. The topological polar surface area (TPSA) is 53.7 Å². The van der Waals surface area contributed by atoms with Gasteiger partial charge in [-0.05, 0) is 23.8 Å². The lowest BCUT2D eigenvalue weighted by Crippen LogP contribution is -2.47. The molecule has 0 spiro atoms. The molecule has 1 aromatic carbocycles. The van der Waals surface area contributed by atoms with E-state index < -0.39 is 0 Å². The fourth-order valence-corrected chi connectivity index (χ4v) is 3.76. The summed E-state index contributed by atoms with van der Waals surface area (Å²) in [5.41, 5.74) is 1.42. The molecule has 1 aromatic heterocycles. The highest BCUT2D eigenvalue weighted by Gasteiger charge is 2.28. The quantitative estimate of drug-likeness (QED) is 0.652. The molecular weight excluding hydrogens is 336 g/mol. The van der Waals surface area contributed by atoms with Crippen LogP contribution in [0.2, 0.25) is 0 Å². The summed E-state index contributed by atoms with van der Waals surface area (Å²) in [5.74, 6) is 3.72. The minimum Gasteiger partial charge on any atom is -0.443 e. The Morgan fingerprint density at radius 3 is 2.63 bits per heavy atom. The zero-order valence-electron chi connectivity index (χ0n) is 17.2. The standard InChI is InChI=1S/C22H32N4O/c1-16-15-26(12-11-18(16)17-9-7-6-8-10-17)21(23-5)25-14-20-24-13-19(27-20)22(2,3)4/h6-10,13,16,18H,11-12,14-15H2,1-5H3,(H,23,25). The van der Waals surface area contributed by atoms with Crippen molar-refractivity contribution in [1.29, 1.82) is 0 Å². The number of benzene rings is 1. The first-order valence-corrected chi connectivity index (χ1v) is 9.84. The van der Waals surface area contributed by atoms with Crippen LogP contribution >= 0.6 is 0 Å². The molecule has 1 N–H and O–H groups in total. The lowest BCUT2D eigenvalue weighted by molar-refractivity contribution is 0.234. The maximum atomic E-state index is 5.88. The molecule has 2 aromatic rings. The molecule has 1 saturated heterocycles. The predicted molar refractivity (Wildman–Crippen MR) is 110 cm³/mol. The predicted octanol–water partition coefficient (Wildman–Crippen LogP) is 4.17. The molecule has 3 rings (SSSR count). The third-order valence-corrected chi connectivity index (χ3v) is 5.33. The number of oxazole rings is 1. The van der Waals surface area contributed by atoms with E-state index in [-0.39, 0.29) is 5.41 Å². The Morgan fingerprint density at radius 1 is 1.30 bits per heavy atom. The van der Waals surface area contributed by atoms with Crippen LogP contribution in [-0.2, 0) is 12.0 Å². The van der Waals surface area contributed by atoms with Crippen molar-refractivity contribution in [1.82, 2.24) is 15.2 Å². The summed E-state index contributed by atoms with van der Waals surface area (Å²) >= 11 is 0. The van der Waals surface area contributed by atoms with Crippen molar-refractivity contribution in [2.75, 3.05) is 20.1 Å². The second-order valence-electron chi connectivity index (χ2n) is 8.50. The summed E-state index contributed by atoms with van der Waals surface area (Å²) in [5, 5.41) is 3.42. The van der Waals surface area contributed by atoms with Gasteiger partial charge in [0.25, 0.3) is 0 Å². The SMILES string of the molecule is CN=C(NCc1ncc(C(C)(C)C)o1)N1CCC(c2ccccc2)C(C)C1. The molecule has 0 saturated carbocycles. The molecule has 2 unspecified atom stereocenters. The van der Waals surface area contributed by atoms with E-state index >= 15 is 0 Å². The van der Waals surface area contributed by atoms with Crippen LogP contribution in [0.4, 0.5) is 0 Å². The van der Waals surface area contributed by atoms with Gasteiger partial charge >= 0.3 is 0 Å². The van der Waals surface area contributed by atoms with Crippen LogP contribution in [0, 0.1) is 5.92 Å². The lowest BCUT2D eigenvalue weighted by atomic mass is 9.82. The number of likely N-dealkylation sites (tertiary alicyclic amines) is 1. The van der Waals surface area contributed by atoms with Crippen LogP contribution in [0.15, 0.2) is 45.9 Å². The van der Waals surface area contributed by atoms with Crippen LogP contribution in [0.3, 0.4) is 0 Å². The molecule has 0 amide bonds. The number of nitrogens with zero attached hydrogens (tertiary/aromatic N) is 3. The Balaban J connectivity index is 1.58. The van der Waals surface area contributed by atoms with Gasteiger partial charge in [-0.2, -0.15) is 0 Å². The van der Waals surface area contributed by atoms with Crippen molar-refractivity contribution in [2.24, 2.45) is 10.9 Å². The molecule has 2 atom stereocenters. The highest BCUT2D eigenvalue weighted by atomic mass is 16.4. The highest BCUT2D eigenvalue weighted by molar-refractivity contribution is 5.79. The van der Waals surface area contributed by atoms with Gasteiger partial charge in [-0.3, -0.25) is 4.99 Å². The van der Waals surface area contributed by atoms with E-state index in [0.717, 1.165) is 31.2 Å². The van der Waals surface area contributed by atoms with Gasteiger partial charge in [-0.15, -0.1) is 0 Å². The summed E-state index contributed by atoms with van der Waals surface area (Å²) in [6.07, 6.45) is 2.96. The van der Waals surface area contributed by atoms with Gasteiger partial charge in [0.1, 0.15) is 5.76 Å². The van der Waals surface area contributed by atoms with E-state index in [4.69, 9.17) is 4.42 Å². The molecule has 1 fully saturated rings. The van der Waals surface area contributed by atoms with Crippen LogP contribution in [-0.4, -0.2) is 36.0 Å². The van der Waals surface area contributed by atoms with Crippen molar-refractivity contribution in [2.45, 2.75) is 52.0 Å². The lowest BCUT2D eigenvalue weighted by Gasteiger charge is -2.38. The first-order valence-electron chi connectivity index (χ1n) is 9.84. The molecular formula is C22H32N4O. The largest absolute Gasteiger partial charge is 0.443 e. The highest BCUT2D eigenvalue weighted by Crippen LogP contribution is 2.32. The smallest absolute Gasteiger partial charge is 0.213 e. The molecule has 146 valence electrons. The van der Waals surface area contributed by atoms with Gasteiger partial charge in [0.2, 0.25) is 5.89 Å². The van der Waals surface area contributed by atoms with E-state index in [1.165, 1.54) is 5.56 Å². The maximum Gasteiger partial charge on any atom is 0.213 e. The Hall–Kier alpha value is -2.30. The Labute approximate surface area is 162 Å². The first-order chi connectivity index (χ1) is 12.9. The molecule has 2 heterocycles. The van der Waals surface area contributed by atoms with Crippen molar-refractivity contribution >= 4 is 5.96 Å². The second-order valence-corrected chi connectivity index (χ2v) is 8.50. The number of guanidine groups is 1. The Bertz CT molecular complexity index is 760. The molecule has 1 aliphatic rings. The van der Waals surface area contributed by atoms with Gasteiger partial charge in [0, 0.05) is 25.6 Å². The van der Waals surface area contributed by atoms with Crippen LogP contribution in [0.1, 0.15) is 57.2 Å². The number of nitrogens with one attached hydrogen (secondary N) is 1. The van der Waals surface area contributed by atoms with Gasteiger partial charge in [0.05, 0.1) is 12.7 Å². The minimum atomic E-state index is -0.0261. The van der Waals surface area contributed by atoms with E-state index in [0.29, 0.717) is 24.3 Å². The molecule has 0 bridgehead atoms. The average molecular weight is 369 g/mol. The second kappa shape index (κ2) is 8.15. The Morgan fingerprint density at radius 2 is 2.04 bits per heavy atom. The van der Waals surface area contributed by atoms with Crippen LogP contribution in [0.25, 0.3) is 0 Å². The fourth-order valence-electron chi connectivity index (χ4n) is 3.76. The molecule has 0 aliphatic carbocycles. The van der Waals surface area contributed by atoms with E-state index in [9.17, 15) is 0 Å². The fraction of sp³-hybridized carbons (Fsp3) is 0.545. The molecule has 5 heteroatoms. The molecule has 27 heavy (non-hydrogen) atoms. The van der Waals surface area contributed by atoms with Crippen molar-refractivity contribution < 1.29 is 4.42 Å². The summed E-state index contributed by atoms with van der Waals surface area (Å²) in [6, 6.07) is 10.9.